The number of para-hydroxylation sites is 1. The van der Waals surface area contributed by atoms with Gasteiger partial charge in [-0.25, -0.2) is 0 Å². The number of aromatic nitrogens is 2. The van der Waals surface area contributed by atoms with Crippen molar-refractivity contribution in [3.63, 3.8) is 0 Å². The average molecular weight is 501 g/mol. The minimum atomic E-state index is -0.0872. The van der Waals surface area contributed by atoms with E-state index < -0.39 is 0 Å². The molecule has 2 atom stereocenters. The lowest BCUT2D eigenvalue weighted by Gasteiger charge is -2.28. The van der Waals surface area contributed by atoms with Gasteiger partial charge in [0.05, 0.1) is 23.5 Å². The standard InChI is InChI=1S/C29H29ClN4S/c1-5-21-10-8-9-18(2)27(21)33-19(3)17-24(20(33)4)28-26(25-11-6-7-16-31-25)32-29(35)34(28)23-14-12-22(30)13-15-23/h6-17,26,28H,5H2,1-4H3,(H,32,35)/t26-,28-/m0/s1. The van der Waals surface area contributed by atoms with Crippen molar-refractivity contribution in [2.45, 2.75) is 46.2 Å². The number of thiocarbonyl (C=S) groups is 1. The van der Waals surface area contributed by atoms with Crippen molar-refractivity contribution in [1.82, 2.24) is 14.9 Å². The fourth-order valence-corrected chi connectivity index (χ4v) is 5.78. The molecule has 178 valence electrons. The van der Waals surface area contributed by atoms with Crippen LogP contribution in [-0.4, -0.2) is 14.7 Å². The van der Waals surface area contributed by atoms with Gasteiger partial charge < -0.3 is 14.8 Å². The van der Waals surface area contributed by atoms with Crippen LogP contribution < -0.4 is 10.2 Å². The third-order valence-electron chi connectivity index (χ3n) is 6.92. The second-order valence-electron chi connectivity index (χ2n) is 9.07. The first kappa shape index (κ1) is 23.6. The number of aryl methyl sites for hydroxylation is 3. The summed E-state index contributed by atoms with van der Waals surface area (Å²) in [7, 11) is 0. The summed E-state index contributed by atoms with van der Waals surface area (Å²) >= 11 is 12.1. The van der Waals surface area contributed by atoms with E-state index in [-0.39, 0.29) is 12.1 Å². The Morgan fingerprint density at radius 1 is 1.00 bits per heavy atom. The van der Waals surface area contributed by atoms with Crippen LogP contribution in [0.4, 0.5) is 5.69 Å². The van der Waals surface area contributed by atoms with Crippen LogP contribution in [0.15, 0.2) is 72.9 Å². The molecular formula is C29H29ClN4S. The summed E-state index contributed by atoms with van der Waals surface area (Å²) in [4.78, 5) is 6.90. The summed E-state index contributed by atoms with van der Waals surface area (Å²) in [5.41, 5.74) is 9.50. The molecule has 0 amide bonds. The smallest absolute Gasteiger partial charge is 0.174 e. The van der Waals surface area contributed by atoms with Gasteiger partial charge >= 0.3 is 0 Å². The Labute approximate surface area is 217 Å². The highest BCUT2D eigenvalue weighted by Crippen LogP contribution is 2.44. The number of nitrogens with one attached hydrogen (secondary N) is 1. The van der Waals surface area contributed by atoms with Crippen molar-refractivity contribution in [2.75, 3.05) is 4.90 Å². The molecule has 2 aromatic heterocycles. The summed E-state index contributed by atoms with van der Waals surface area (Å²) in [6, 6.07) is 22.6. The molecule has 1 saturated heterocycles. The van der Waals surface area contributed by atoms with Crippen LogP contribution in [0.1, 0.15) is 52.8 Å². The molecule has 6 heteroatoms. The highest BCUT2D eigenvalue weighted by Gasteiger charge is 2.42. The van der Waals surface area contributed by atoms with Crippen LogP contribution >= 0.6 is 23.8 Å². The number of rotatable bonds is 5. The Kier molecular flexibility index (Phi) is 6.39. The molecule has 0 saturated carbocycles. The van der Waals surface area contributed by atoms with Crippen molar-refractivity contribution in [2.24, 2.45) is 0 Å². The van der Waals surface area contributed by atoms with Gasteiger partial charge in [0, 0.05) is 28.3 Å². The topological polar surface area (TPSA) is 33.1 Å². The van der Waals surface area contributed by atoms with Gasteiger partial charge in [-0.05, 0) is 98.6 Å². The summed E-state index contributed by atoms with van der Waals surface area (Å²) in [5.74, 6) is 0. The number of hydrogen-bond acceptors (Lipinski definition) is 2. The maximum Gasteiger partial charge on any atom is 0.174 e. The van der Waals surface area contributed by atoms with Gasteiger partial charge in [0.1, 0.15) is 0 Å². The quantitative estimate of drug-likeness (QED) is 0.294. The molecule has 35 heavy (non-hydrogen) atoms. The third kappa shape index (κ3) is 4.13. The maximum atomic E-state index is 6.21. The second-order valence-corrected chi connectivity index (χ2v) is 9.89. The zero-order valence-corrected chi connectivity index (χ0v) is 22.0. The van der Waals surface area contributed by atoms with Crippen molar-refractivity contribution >= 4 is 34.6 Å². The molecule has 1 aliphatic rings. The minimum Gasteiger partial charge on any atom is -0.351 e. The van der Waals surface area contributed by atoms with Gasteiger partial charge in [-0.3, -0.25) is 4.98 Å². The Morgan fingerprint density at radius 3 is 2.46 bits per heavy atom. The zero-order valence-electron chi connectivity index (χ0n) is 20.4. The Bertz CT molecular complexity index is 1380. The Morgan fingerprint density at radius 2 is 1.77 bits per heavy atom. The van der Waals surface area contributed by atoms with E-state index in [0.29, 0.717) is 10.1 Å². The summed E-state index contributed by atoms with van der Waals surface area (Å²) in [5, 5.41) is 4.95. The fourth-order valence-electron chi connectivity index (χ4n) is 5.31. The summed E-state index contributed by atoms with van der Waals surface area (Å²) < 4.78 is 2.40. The molecule has 1 aliphatic heterocycles. The molecule has 3 heterocycles. The van der Waals surface area contributed by atoms with Gasteiger partial charge in [-0.15, -0.1) is 0 Å². The van der Waals surface area contributed by atoms with Crippen LogP contribution in [0.3, 0.4) is 0 Å². The first-order valence-corrected chi connectivity index (χ1v) is 12.7. The fraction of sp³-hybridized carbons (Fsp3) is 0.241. The minimum absolute atomic E-state index is 0.0624. The first-order chi connectivity index (χ1) is 16.9. The molecule has 0 spiro atoms. The lowest BCUT2D eigenvalue weighted by atomic mass is 9.96. The average Bonchev–Trinajstić information content (AvgIpc) is 3.35. The Hall–Kier alpha value is -3.15. The molecule has 4 nitrogen and oxygen atoms in total. The second kappa shape index (κ2) is 9.48. The largest absolute Gasteiger partial charge is 0.351 e. The van der Waals surface area contributed by atoms with E-state index in [1.165, 1.54) is 33.8 Å². The SMILES string of the molecule is CCc1cccc(C)c1-n1c(C)cc([C@H]2[C@H](c3ccccn3)NC(=S)N2c2ccc(Cl)cc2)c1C. The highest BCUT2D eigenvalue weighted by molar-refractivity contribution is 7.80. The van der Waals surface area contributed by atoms with Gasteiger partial charge in [-0.1, -0.05) is 42.8 Å². The number of pyridine rings is 1. The molecule has 0 radical (unpaired) electrons. The molecule has 0 aliphatic carbocycles. The number of nitrogens with zero attached hydrogens (tertiary/aromatic N) is 3. The summed E-state index contributed by atoms with van der Waals surface area (Å²) in [6.45, 7) is 8.80. The molecule has 2 aromatic carbocycles. The zero-order chi connectivity index (χ0) is 24.7. The number of hydrogen-bond donors (Lipinski definition) is 1. The van der Waals surface area contributed by atoms with E-state index in [1.54, 1.807) is 0 Å². The lowest BCUT2D eigenvalue weighted by molar-refractivity contribution is 0.565. The molecule has 0 bridgehead atoms. The van der Waals surface area contributed by atoms with Crippen LogP contribution in [0.25, 0.3) is 5.69 Å². The van der Waals surface area contributed by atoms with Gasteiger partial charge in [0.2, 0.25) is 0 Å². The number of benzene rings is 2. The molecule has 1 N–H and O–H groups in total. The predicted octanol–water partition coefficient (Wildman–Crippen LogP) is 7.19. The van der Waals surface area contributed by atoms with E-state index >= 15 is 0 Å². The van der Waals surface area contributed by atoms with Gasteiger partial charge in [0.25, 0.3) is 0 Å². The monoisotopic (exact) mass is 500 g/mol. The molecule has 0 unspecified atom stereocenters. The van der Waals surface area contributed by atoms with Crippen molar-refractivity contribution in [1.29, 1.82) is 0 Å². The van der Waals surface area contributed by atoms with Crippen molar-refractivity contribution in [3.8, 4) is 5.69 Å². The maximum absolute atomic E-state index is 6.21. The number of anilines is 1. The van der Waals surface area contributed by atoms with E-state index in [4.69, 9.17) is 28.8 Å². The van der Waals surface area contributed by atoms with Crippen molar-refractivity contribution in [3.05, 3.63) is 112 Å². The third-order valence-corrected chi connectivity index (χ3v) is 7.48. The summed E-state index contributed by atoms with van der Waals surface area (Å²) in [6.07, 6.45) is 2.82. The first-order valence-electron chi connectivity index (χ1n) is 11.9. The number of halogens is 1. The van der Waals surface area contributed by atoms with E-state index in [2.05, 4.69) is 72.8 Å². The van der Waals surface area contributed by atoms with Crippen LogP contribution in [0.5, 0.6) is 0 Å². The molecule has 4 aromatic rings. The van der Waals surface area contributed by atoms with E-state index in [0.717, 1.165) is 17.8 Å². The lowest BCUT2D eigenvalue weighted by Crippen LogP contribution is -2.29. The van der Waals surface area contributed by atoms with Crippen LogP contribution in [0.2, 0.25) is 5.02 Å². The van der Waals surface area contributed by atoms with E-state index in [9.17, 15) is 0 Å². The van der Waals surface area contributed by atoms with Crippen LogP contribution in [-0.2, 0) is 6.42 Å². The normalized spacial score (nSPS) is 17.6. The molecule has 1 fully saturated rings. The van der Waals surface area contributed by atoms with Gasteiger partial charge in [0.15, 0.2) is 5.11 Å². The van der Waals surface area contributed by atoms with E-state index in [1.807, 2.05) is 42.6 Å². The van der Waals surface area contributed by atoms with Crippen LogP contribution in [0, 0.1) is 20.8 Å². The van der Waals surface area contributed by atoms with Crippen molar-refractivity contribution < 1.29 is 0 Å². The molecule has 5 rings (SSSR count). The highest BCUT2D eigenvalue weighted by atomic mass is 35.5. The predicted molar refractivity (Wildman–Crippen MR) is 149 cm³/mol. The molecular weight excluding hydrogens is 472 g/mol. The van der Waals surface area contributed by atoms with Gasteiger partial charge in [-0.2, -0.15) is 0 Å². The Balaban J connectivity index is 1.71.